The molecule has 1 rings (SSSR count). The number of carboxylic acids is 1. The first-order valence-electron chi connectivity index (χ1n) is 3.85. The maximum atomic E-state index is 12.8. The summed E-state index contributed by atoms with van der Waals surface area (Å²) in [4.78, 5) is 10.3. The van der Waals surface area contributed by atoms with Crippen LogP contribution in [-0.4, -0.2) is 16.2 Å². The minimum absolute atomic E-state index is 0.243. The maximum Gasteiger partial charge on any atom is 0.306 e. The van der Waals surface area contributed by atoms with Crippen LogP contribution in [0.4, 0.5) is 4.39 Å². The number of benzene rings is 1. The van der Waals surface area contributed by atoms with Gasteiger partial charge in [0.2, 0.25) is 0 Å². The van der Waals surface area contributed by atoms with Gasteiger partial charge in [0.15, 0.2) is 0 Å². The Morgan fingerprint density at radius 3 is 2.79 bits per heavy atom. The van der Waals surface area contributed by atoms with Gasteiger partial charge in [0.05, 0.1) is 12.5 Å². The van der Waals surface area contributed by atoms with E-state index in [2.05, 4.69) is 15.9 Å². The van der Waals surface area contributed by atoms with E-state index in [1.807, 2.05) is 0 Å². The minimum Gasteiger partial charge on any atom is -0.481 e. The number of carbonyl (C=O) groups is 1. The van der Waals surface area contributed by atoms with Crippen molar-refractivity contribution in [3.63, 3.8) is 0 Å². The van der Waals surface area contributed by atoms with Gasteiger partial charge in [-0.1, -0.05) is 15.9 Å². The molecule has 1 aromatic carbocycles. The molecule has 76 valence electrons. The molecular weight excluding hydrogens is 255 g/mol. The smallest absolute Gasteiger partial charge is 0.306 e. The largest absolute Gasteiger partial charge is 0.481 e. The molecule has 5 heteroatoms. The first-order chi connectivity index (χ1) is 6.50. The number of hydrogen-bond acceptors (Lipinski definition) is 2. The van der Waals surface area contributed by atoms with E-state index in [1.54, 1.807) is 0 Å². The van der Waals surface area contributed by atoms with E-state index in [1.165, 1.54) is 12.1 Å². The molecule has 0 spiro atoms. The third-order valence-corrected chi connectivity index (χ3v) is 2.41. The van der Waals surface area contributed by atoms with E-state index in [0.29, 0.717) is 4.47 Å². The predicted molar refractivity (Wildman–Crippen MR) is 51.3 cm³/mol. The topological polar surface area (TPSA) is 57.5 Å². The lowest BCUT2D eigenvalue weighted by Crippen LogP contribution is -2.06. The van der Waals surface area contributed by atoms with Crippen LogP contribution in [0.3, 0.4) is 0 Å². The number of aliphatic carboxylic acids is 1. The number of rotatable bonds is 3. The highest BCUT2D eigenvalue weighted by Gasteiger charge is 2.15. The summed E-state index contributed by atoms with van der Waals surface area (Å²) in [5, 5.41) is 17.9. The highest BCUT2D eigenvalue weighted by molar-refractivity contribution is 9.10. The van der Waals surface area contributed by atoms with Crippen molar-refractivity contribution in [2.24, 2.45) is 0 Å². The van der Waals surface area contributed by atoms with Gasteiger partial charge in [-0.05, 0) is 23.8 Å². The molecule has 1 atom stereocenters. The predicted octanol–water partition coefficient (Wildman–Crippen LogP) is 2.10. The molecule has 0 amide bonds. The summed E-state index contributed by atoms with van der Waals surface area (Å²) in [6, 6.07) is 3.76. The molecule has 0 saturated heterocycles. The standard InChI is InChI=1S/C9H8BrFO3/c10-7-2-1-5(11)3-6(7)8(12)4-9(13)14/h1-3,8,12H,4H2,(H,13,14). The third-order valence-electron chi connectivity index (χ3n) is 1.69. The van der Waals surface area contributed by atoms with Crippen LogP contribution < -0.4 is 0 Å². The van der Waals surface area contributed by atoms with E-state index < -0.39 is 24.3 Å². The Balaban J connectivity index is 2.93. The number of carboxylic acid groups (broad SMARTS) is 1. The van der Waals surface area contributed by atoms with Crippen molar-refractivity contribution in [2.45, 2.75) is 12.5 Å². The fourth-order valence-corrected chi connectivity index (χ4v) is 1.56. The number of halogens is 2. The summed E-state index contributed by atoms with van der Waals surface area (Å²) >= 11 is 3.10. The minimum atomic E-state index is -1.20. The van der Waals surface area contributed by atoms with Crippen LogP contribution in [0, 0.1) is 5.82 Å². The lowest BCUT2D eigenvalue weighted by Gasteiger charge is -2.10. The van der Waals surface area contributed by atoms with E-state index >= 15 is 0 Å². The summed E-state index contributed by atoms with van der Waals surface area (Å²) in [6.07, 6.45) is -1.64. The van der Waals surface area contributed by atoms with Gasteiger partial charge in [0, 0.05) is 4.47 Å². The van der Waals surface area contributed by atoms with Crippen LogP contribution in [0.25, 0.3) is 0 Å². The number of aliphatic hydroxyl groups excluding tert-OH is 1. The Morgan fingerprint density at radius 1 is 1.57 bits per heavy atom. The van der Waals surface area contributed by atoms with Gasteiger partial charge in [0.1, 0.15) is 5.82 Å². The first-order valence-corrected chi connectivity index (χ1v) is 4.65. The zero-order valence-corrected chi connectivity index (χ0v) is 8.66. The molecule has 0 heterocycles. The fourth-order valence-electron chi connectivity index (χ4n) is 1.05. The van der Waals surface area contributed by atoms with Crippen molar-refractivity contribution in [1.29, 1.82) is 0 Å². The molecule has 0 aliphatic carbocycles. The molecule has 1 unspecified atom stereocenters. The van der Waals surface area contributed by atoms with E-state index in [4.69, 9.17) is 5.11 Å². The summed E-state index contributed by atoms with van der Waals surface area (Å²) in [7, 11) is 0. The molecule has 0 aliphatic rings. The molecule has 14 heavy (non-hydrogen) atoms. The molecule has 0 bridgehead atoms. The Bertz CT molecular complexity index is 354. The Hall–Kier alpha value is -0.940. The molecule has 2 N–H and O–H groups in total. The monoisotopic (exact) mass is 262 g/mol. The Morgan fingerprint density at radius 2 is 2.21 bits per heavy atom. The number of hydrogen-bond donors (Lipinski definition) is 2. The molecule has 0 aromatic heterocycles. The van der Waals surface area contributed by atoms with Crippen molar-refractivity contribution >= 4 is 21.9 Å². The fraction of sp³-hybridized carbons (Fsp3) is 0.222. The van der Waals surface area contributed by atoms with Crippen molar-refractivity contribution < 1.29 is 19.4 Å². The second kappa shape index (κ2) is 4.52. The lowest BCUT2D eigenvalue weighted by atomic mass is 10.1. The zero-order valence-electron chi connectivity index (χ0n) is 7.08. The van der Waals surface area contributed by atoms with Crippen molar-refractivity contribution in [1.82, 2.24) is 0 Å². The average molecular weight is 263 g/mol. The van der Waals surface area contributed by atoms with Gasteiger partial charge >= 0.3 is 5.97 Å². The zero-order chi connectivity index (χ0) is 10.7. The van der Waals surface area contributed by atoms with Crippen molar-refractivity contribution in [3.8, 4) is 0 Å². The van der Waals surface area contributed by atoms with Crippen LogP contribution in [-0.2, 0) is 4.79 Å². The molecule has 3 nitrogen and oxygen atoms in total. The van der Waals surface area contributed by atoms with Gasteiger partial charge in [0.25, 0.3) is 0 Å². The summed E-state index contributed by atoms with van der Waals surface area (Å²) in [5.41, 5.74) is 0.243. The third kappa shape index (κ3) is 2.78. The Labute approximate surface area is 88.3 Å². The van der Waals surface area contributed by atoms with Gasteiger partial charge in [-0.15, -0.1) is 0 Å². The van der Waals surface area contributed by atoms with Crippen molar-refractivity contribution in [3.05, 3.63) is 34.1 Å². The van der Waals surface area contributed by atoms with Gasteiger partial charge < -0.3 is 10.2 Å². The highest BCUT2D eigenvalue weighted by Crippen LogP contribution is 2.26. The van der Waals surface area contributed by atoms with Crippen molar-refractivity contribution in [2.75, 3.05) is 0 Å². The van der Waals surface area contributed by atoms with Crippen LogP contribution in [0.15, 0.2) is 22.7 Å². The average Bonchev–Trinajstić information content (AvgIpc) is 2.08. The number of aliphatic hydroxyl groups is 1. The normalized spacial score (nSPS) is 12.5. The van der Waals surface area contributed by atoms with E-state index in [9.17, 15) is 14.3 Å². The Kier molecular flexibility index (Phi) is 3.60. The van der Waals surface area contributed by atoms with Crippen LogP contribution in [0.2, 0.25) is 0 Å². The second-order valence-electron chi connectivity index (χ2n) is 2.78. The van der Waals surface area contributed by atoms with Gasteiger partial charge in [-0.25, -0.2) is 4.39 Å². The van der Waals surface area contributed by atoms with Gasteiger partial charge in [-0.3, -0.25) is 4.79 Å². The SMILES string of the molecule is O=C(O)CC(O)c1cc(F)ccc1Br. The van der Waals surface area contributed by atoms with E-state index in [-0.39, 0.29) is 5.56 Å². The van der Waals surface area contributed by atoms with Crippen LogP contribution in [0.1, 0.15) is 18.1 Å². The molecular formula is C9H8BrFO3. The highest BCUT2D eigenvalue weighted by atomic mass is 79.9. The van der Waals surface area contributed by atoms with E-state index in [0.717, 1.165) is 6.07 Å². The summed E-state index contributed by atoms with van der Waals surface area (Å²) in [5.74, 6) is -1.64. The van der Waals surface area contributed by atoms with Gasteiger partial charge in [-0.2, -0.15) is 0 Å². The van der Waals surface area contributed by atoms with Crippen LogP contribution >= 0.6 is 15.9 Å². The summed E-state index contributed by atoms with van der Waals surface area (Å²) in [6.45, 7) is 0. The maximum absolute atomic E-state index is 12.8. The molecule has 0 fully saturated rings. The quantitative estimate of drug-likeness (QED) is 0.877. The second-order valence-corrected chi connectivity index (χ2v) is 3.63. The summed E-state index contributed by atoms with van der Waals surface area (Å²) < 4.78 is 13.3. The molecule has 0 radical (unpaired) electrons. The molecule has 1 aromatic rings. The first kappa shape index (κ1) is 11.1. The molecule has 0 aliphatic heterocycles. The lowest BCUT2D eigenvalue weighted by molar-refractivity contribution is -0.139. The molecule has 0 saturated carbocycles. The van der Waals surface area contributed by atoms with Crippen LogP contribution in [0.5, 0.6) is 0 Å².